The highest BCUT2D eigenvalue weighted by Gasteiger charge is 2.35. The van der Waals surface area contributed by atoms with Gasteiger partial charge in [-0.3, -0.25) is 14.4 Å². The third kappa shape index (κ3) is 3.46. The van der Waals surface area contributed by atoms with Crippen molar-refractivity contribution >= 4 is 23.4 Å². The molecule has 7 heteroatoms. The van der Waals surface area contributed by atoms with Crippen LogP contribution in [-0.2, 0) is 9.59 Å². The van der Waals surface area contributed by atoms with Gasteiger partial charge in [-0.25, -0.2) is 0 Å². The summed E-state index contributed by atoms with van der Waals surface area (Å²) in [5, 5.41) is 2.70. The largest absolute Gasteiger partial charge is 0.472 e. The van der Waals surface area contributed by atoms with E-state index in [1.807, 2.05) is 31.2 Å². The molecule has 3 amide bonds. The molecule has 2 aromatic rings. The van der Waals surface area contributed by atoms with Crippen LogP contribution in [-0.4, -0.2) is 30.3 Å². The Balaban J connectivity index is 1.69. The highest BCUT2D eigenvalue weighted by atomic mass is 16.3. The second-order valence-corrected chi connectivity index (χ2v) is 6.38. The van der Waals surface area contributed by atoms with Crippen LogP contribution in [0.15, 0.2) is 47.3 Å². The number of fused-ring (bicyclic) bond motifs is 1. The highest BCUT2D eigenvalue weighted by molar-refractivity contribution is 5.98. The molecule has 0 radical (unpaired) electrons. The second kappa shape index (κ2) is 7.43. The fourth-order valence-electron chi connectivity index (χ4n) is 3.36. The minimum Gasteiger partial charge on any atom is -0.472 e. The van der Waals surface area contributed by atoms with E-state index in [0.29, 0.717) is 17.7 Å². The summed E-state index contributed by atoms with van der Waals surface area (Å²) < 4.78 is 4.87. The normalized spacial score (nSPS) is 18.9. The standard InChI is InChI=1S/C19H21N3O4/c1-12-10-15(18(20)24)14-4-2-3-5-16(14)22(12)17(23)6-8-21-19(25)13-7-9-26-11-13/h2-5,7,9,11-12,15H,6,8,10H2,1H3,(H2,20,24)(H,21,25)/t12-,15-/m0/s1. The van der Waals surface area contributed by atoms with E-state index in [0.717, 1.165) is 5.56 Å². The van der Waals surface area contributed by atoms with Crippen molar-refractivity contribution in [3.63, 3.8) is 0 Å². The molecule has 0 spiro atoms. The third-order valence-corrected chi connectivity index (χ3v) is 4.61. The van der Waals surface area contributed by atoms with Crippen molar-refractivity contribution in [1.29, 1.82) is 0 Å². The quantitative estimate of drug-likeness (QED) is 0.853. The Morgan fingerprint density at radius 2 is 2.04 bits per heavy atom. The van der Waals surface area contributed by atoms with E-state index in [-0.39, 0.29) is 36.7 Å². The van der Waals surface area contributed by atoms with E-state index in [1.54, 1.807) is 11.0 Å². The van der Waals surface area contributed by atoms with Gasteiger partial charge >= 0.3 is 0 Å². The third-order valence-electron chi connectivity index (χ3n) is 4.61. The molecule has 7 nitrogen and oxygen atoms in total. The van der Waals surface area contributed by atoms with Crippen molar-refractivity contribution in [3.8, 4) is 0 Å². The number of nitrogens with two attached hydrogens (primary N) is 1. The molecule has 0 bridgehead atoms. The molecule has 0 saturated heterocycles. The van der Waals surface area contributed by atoms with Gasteiger partial charge in [0.1, 0.15) is 6.26 Å². The monoisotopic (exact) mass is 355 g/mol. The Labute approximate surface area is 151 Å². The highest BCUT2D eigenvalue weighted by Crippen LogP contribution is 2.38. The number of carbonyl (C=O) groups excluding carboxylic acids is 3. The number of hydrogen-bond donors (Lipinski definition) is 2. The molecule has 1 aromatic heterocycles. The minimum atomic E-state index is -0.397. The number of primary amides is 1. The van der Waals surface area contributed by atoms with Crippen LogP contribution in [0.4, 0.5) is 5.69 Å². The van der Waals surface area contributed by atoms with Gasteiger partial charge in [-0.05, 0) is 31.0 Å². The van der Waals surface area contributed by atoms with Crippen LogP contribution in [0.3, 0.4) is 0 Å². The lowest BCUT2D eigenvalue weighted by Crippen LogP contribution is -2.46. The van der Waals surface area contributed by atoms with Crippen molar-refractivity contribution in [1.82, 2.24) is 5.32 Å². The molecular formula is C19H21N3O4. The fraction of sp³-hybridized carbons (Fsp3) is 0.316. The van der Waals surface area contributed by atoms with Gasteiger partial charge in [0, 0.05) is 24.7 Å². The van der Waals surface area contributed by atoms with E-state index >= 15 is 0 Å². The smallest absolute Gasteiger partial charge is 0.254 e. The van der Waals surface area contributed by atoms with E-state index in [9.17, 15) is 14.4 Å². The number of anilines is 1. The van der Waals surface area contributed by atoms with Crippen LogP contribution in [0, 0.1) is 0 Å². The summed E-state index contributed by atoms with van der Waals surface area (Å²) in [4.78, 5) is 38.1. The lowest BCUT2D eigenvalue weighted by atomic mass is 9.85. The summed E-state index contributed by atoms with van der Waals surface area (Å²) in [6, 6.07) is 8.72. The Kier molecular flexibility index (Phi) is 5.06. The Morgan fingerprint density at radius 1 is 1.27 bits per heavy atom. The van der Waals surface area contributed by atoms with Crippen LogP contribution in [0.2, 0.25) is 0 Å². The van der Waals surface area contributed by atoms with E-state index in [4.69, 9.17) is 10.2 Å². The number of amides is 3. The number of furan rings is 1. The summed E-state index contributed by atoms with van der Waals surface area (Å²) >= 11 is 0. The first-order chi connectivity index (χ1) is 12.5. The summed E-state index contributed by atoms with van der Waals surface area (Å²) in [5.74, 6) is -1.18. The molecular weight excluding hydrogens is 334 g/mol. The van der Waals surface area contributed by atoms with Crippen molar-refractivity contribution < 1.29 is 18.8 Å². The molecule has 1 aliphatic heterocycles. The zero-order valence-electron chi connectivity index (χ0n) is 14.5. The molecule has 0 fully saturated rings. The zero-order valence-corrected chi connectivity index (χ0v) is 14.5. The van der Waals surface area contributed by atoms with E-state index in [2.05, 4.69) is 5.32 Å². The second-order valence-electron chi connectivity index (χ2n) is 6.38. The van der Waals surface area contributed by atoms with E-state index in [1.165, 1.54) is 12.5 Å². The van der Waals surface area contributed by atoms with Crippen molar-refractivity contribution in [3.05, 3.63) is 54.0 Å². The predicted octanol–water partition coefficient (Wildman–Crippen LogP) is 1.79. The average Bonchev–Trinajstić information content (AvgIpc) is 3.15. The molecule has 1 aliphatic rings. The average molecular weight is 355 g/mol. The van der Waals surface area contributed by atoms with Gasteiger partial charge in [-0.15, -0.1) is 0 Å². The van der Waals surface area contributed by atoms with Crippen LogP contribution < -0.4 is 16.0 Å². The number of benzene rings is 1. The maximum absolute atomic E-state index is 12.8. The number of nitrogens with zero attached hydrogens (tertiary/aromatic N) is 1. The maximum atomic E-state index is 12.8. The topological polar surface area (TPSA) is 106 Å². The molecule has 0 saturated carbocycles. The molecule has 0 aliphatic carbocycles. The number of para-hydroxylation sites is 1. The first-order valence-electron chi connectivity index (χ1n) is 8.49. The van der Waals surface area contributed by atoms with Gasteiger partial charge in [-0.2, -0.15) is 0 Å². The van der Waals surface area contributed by atoms with Gasteiger partial charge in [0.05, 0.1) is 17.7 Å². The summed E-state index contributed by atoms with van der Waals surface area (Å²) in [6.45, 7) is 2.11. The number of hydrogen-bond acceptors (Lipinski definition) is 4. The minimum absolute atomic E-state index is 0.111. The molecule has 136 valence electrons. The molecule has 0 unspecified atom stereocenters. The summed E-state index contributed by atoms with van der Waals surface area (Å²) in [6.07, 6.45) is 3.41. The fourth-order valence-corrected chi connectivity index (χ4v) is 3.36. The first kappa shape index (κ1) is 17.7. The molecule has 2 atom stereocenters. The zero-order chi connectivity index (χ0) is 18.7. The summed E-state index contributed by atoms with van der Waals surface area (Å²) in [7, 11) is 0. The summed E-state index contributed by atoms with van der Waals surface area (Å²) in [5.41, 5.74) is 7.42. The maximum Gasteiger partial charge on any atom is 0.254 e. The predicted molar refractivity (Wildman–Crippen MR) is 95.6 cm³/mol. The van der Waals surface area contributed by atoms with Crippen molar-refractivity contribution in [2.45, 2.75) is 31.7 Å². The molecule has 3 N–H and O–H groups in total. The number of carbonyl (C=O) groups is 3. The van der Waals surface area contributed by atoms with Crippen LogP contribution in [0.5, 0.6) is 0 Å². The molecule has 26 heavy (non-hydrogen) atoms. The number of rotatable bonds is 5. The Morgan fingerprint density at radius 3 is 2.73 bits per heavy atom. The lowest BCUT2D eigenvalue weighted by molar-refractivity contribution is -0.121. The van der Waals surface area contributed by atoms with Gasteiger partial charge in [0.15, 0.2) is 0 Å². The number of nitrogens with one attached hydrogen (secondary N) is 1. The van der Waals surface area contributed by atoms with Crippen LogP contribution in [0.25, 0.3) is 0 Å². The molecule has 3 rings (SSSR count). The van der Waals surface area contributed by atoms with E-state index < -0.39 is 5.92 Å². The Bertz CT molecular complexity index is 816. The Hall–Kier alpha value is -3.09. The molecule has 2 heterocycles. The lowest BCUT2D eigenvalue weighted by Gasteiger charge is -2.38. The van der Waals surface area contributed by atoms with Gasteiger partial charge in [-0.1, -0.05) is 18.2 Å². The van der Waals surface area contributed by atoms with Crippen LogP contribution in [0.1, 0.15) is 41.6 Å². The SMILES string of the molecule is C[C@H]1C[C@H](C(N)=O)c2ccccc2N1C(=O)CCNC(=O)c1ccoc1. The molecule has 1 aromatic carbocycles. The van der Waals surface area contributed by atoms with Gasteiger partial charge in [0.2, 0.25) is 11.8 Å². The van der Waals surface area contributed by atoms with Crippen molar-refractivity contribution in [2.24, 2.45) is 5.73 Å². The van der Waals surface area contributed by atoms with Gasteiger partial charge in [0.25, 0.3) is 5.91 Å². The van der Waals surface area contributed by atoms with Gasteiger partial charge < -0.3 is 20.4 Å². The van der Waals surface area contributed by atoms with Crippen LogP contribution >= 0.6 is 0 Å². The first-order valence-corrected chi connectivity index (χ1v) is 8.49. The van der Waals surface area contributed by atoms with Crippen molar-refractivity contribution in [2.75, 3.05) is 11.4 Å².